The topological polar surface area (TPSA) is 72.8 Å². The quantitative estimate of drug-likeness (QED) is 0.702. The van der Waals surface area contributed by atoms with E-state index >= 15 is 0 Å². The van der Waals surface area contributed by atoms with Gasteiger partial charge >= 0.3 is 0 Å². The number of ether oxygens (including phenoxy) is 1. The molecule has 3 aromatic rings. The van der Waals surface area contributed by atoms with Gasteiger partial charge in [0.2, 0.25) is 11.8 Å². The van der Waals surface area contributed by atoms with Crippen LogP contribution in [0.5, 0.6) is 5.88 Å². The Morgan fingerprint density at radius 2 is 1.82 bits per heavy atom. The first-order valence-electron chi connectivity index (χ1n) is 8.91. The van der Waals surface area contributed by atoms with E-state index in [1.165, 1.54) is 18.3 Å². The molecule has 0 radical (unpaired) electrons. The largest absolute Gasteiger partial charge is 0.481 e. The number of rotatable bonds is 6. The zero-order chi connectivity index (χ0) is 19.6. The first kappa shape index (κ1) is 18.2. The summed E-state index contributed by atoms with van der Waals surface area (Å²) < 4.78 is 32.9. The number of halogens is 2. The predicted octanol–water partition coefficient (Wildman–Crippen LogP) is 3.56. The zero-order valence-corrected chi connectivity index (χ0v) is 15.3. The highest BCUT2D eigenvalue weighted by atomic mass is 19.1. The van der Waals surface area contributed by atoms with Gasteiger partial charge in [0.15, 0.2) is 0 Å². The van der Waals surface area contributed by atoms with E-state index < -0.39 is 17.4 Å². The summed E-state index contributed by atoms with van der Waals surface area (Å²) in [5, 5.41) is 3.10. The third-order valence-corrected chi connectivity index (χ3v) is 5.00. The van der Waals surface area contributed by atoms with Gasteiger partial charge in [0.1, 0.15) is 12.0 Å². The van der Waals surface area contributed by atoms with Gasteiger partial charge in [0.25, 0.3) is 0 Å². The fraction of sp³-hybridized carbons (Fsp3) is 0.300. The molecule has 0 spiro atoms. The lowest BCUT2D eigenvalue weighted by Crippen LogP contribution is -2.49. The maximum absolute atomic E-state index is 14.2. The summed E-state index contributed by atoms with van der Waals surface area (Å²) in [6.07, 6.45) is 6.05. The first-order chi connectivity index (χ1) is 13.6. The summed E-state index contributed by atoms with van der Waals surface area (Å²) in [5.41, 5.74) is 1.27. The molecule has 6 nitrogen and oxygen atoms in total. The normalized spacial score (nSPS) is 21.0. The molecular formula is C20H19F2N5O. The van der Waals surface area contributed by atoms with Gasteiger partial charge in [-0.15, -0.1) is 0 Å². The van der Waals surface area contributed by atoms with Crippen LogP contribution in [-0.4, -0.2) is 39.8 Å². The Balaban J connectivity index is 1.47. The molecule has 0 bridgehead atoms. The molecule has 0 amide bonds. The molecule has 8 heteroatoms. The first-order valence-corrected chi connectivity index (χ1v) is 8.91. The molecule has 0 aliphatic heterocycles. The number of anilines is 1. The van der Waals surface area contributed by atoms with E-state index in [0.29, 0.717) is 18.4 Å². The Morgan fingerprint density at radius 1 is 1.07 bits per heavy atom. The summed E-state index contributed by atoms with van der Waals surface area (Å²) in [7, 11) is 1.56. The van der Waals surface area contributed by atoms with E-state index in [1.807, 2.05) is 6.07 Å². The Morgan fingerprint density at radius 3 is 2.43 bits per heavy atom. The average Bonchev–Trinajstić information content (AvgIpc) is 2.71. The molecule has 4 rings (SSSR count). The lowest BCUT2D eigenvalue weighted by Gasteiger charge is -2.43. The van der Waals surface area contributed by atoms with Crippen molar-refractivity contribution < 1.29 is 13.5 Å². The molecule has 0 aromatic carbocycles. The van der Waals surface area contributed by atoms with Crippen molar-refractivity contribution in [3.8, 4) is 17.0 Å². The summed E-state index contributed by atoms with van der Waals surface area (Å²) in [5.74, 6) is 0.504. The van der Waals surface area contributed by atoms with E-state index in [2.05, 4.69) is 25.3 Å². The van der Waals surface area contributed by atoms with Crippen LogP contribution in [0.1, 0.15) is 18.5 Å². The minimum Gasteiger partial charge on any atom is -0.481 e. The van der Waals surface area contributed by atoms with Crippen LogP contribution in [-0.2, 0) is 5.41 Å². The van der Waals surface area contributed by atoms with Gasteiger partial charge in [-0.05, 0) is 31.0 Å². The van der Waals surface area contributed by atoms with Crippen molar-refractivity contribution >= 4 is 5.95 Å². The zero-order valence-electron chi connectivity index (χ0n) is 15.3. The van der Waals surface area contributed by atoms with Crippen LogP contribution in [0.2, 0.25) is 0 Å². The molecular weight excluding hydrogens is 364 g/mol. The number of alkyl halides is 1. The molecule has 3 heterocycles. The lowest BCUT2D eigenvalue weighted by atomic mass is 9.65. The number of hydrogen-bond donors (Lipinski definition) is 1. The van der Waals surface area contributed by atoms with E-state index in [0.717, 1.165) is 11.1 Å². The highest BCUT2D eigenvalue weighted by Crippen LogP contribution is 2.45. The second kappa shape index (κ2) is 7.46. The van der Waals surface area contributed by atoms with Crippen molar-refractivity contribution in [2.75, 3.05) is 19.0 Å². The molecule has 3 aromatic heterocycles. The molecule has 1 aliphatic rings. The van der Waals surface area contributed by atoms with Crippen LogP contribution < -0.4 is 10.1 Å². The highest BCUT2D eigenvalue weighted by molar-refractivity contribution is 5.61. The van der Waals surface area contributed by atoms with Gasteiger partial charge in [-0.25, -0.2) is 23.7 Å². The van der Waals surface area contributed by atoms with Gasteiger partial charge in [0.05, 0.1) is 12.8 Å². The van der Waals surface area contributed by atoms with Crippen molar-refractivity contribution in [1.29, 1.82) is 0 Å². The predicted molar refractivity (Wildman–Crippen MR) is 100 cm³/mol. The maximum Gasteiger partial charge on any atom is 0.222 e. The van der Waals surface area contributed by atoms with Crippen LogP contribution in [0.25, 0.3) is 11.1 Å². The van der Waals surface area contributed by atoms with E-state index in [4.69, 9.17) is 4.74 Å². The second-order valence-electron chi connectivity index (χ2n) is 6.86. The molecule has 1 N–H and O–H groups in total. The smallest absolute Gasteiger partial charge is 0.222 e. The van der Waals surface area contributed by atoms with Gasteiger partial charge in [-0.2, -0.15) is 0 Å². The van der Waals surface area contributed by atoms with Crippen molar-refractivity contribution in [3.05, 3.63) is 60.6 Å². The third kappa shape index (κ3) is 3.49. The van der Waals surface area contributed by atoms with Crippen molar-refractivity contribution in [1.82, 2.24) is 19.9 Å². The number of nitrogens with zero attached hydrogens (tertiary/aromatic N) is 4. The van der Waals surface area contributed by atoms with Crippen LogP contribution in [0.15, 0.2) is 49.1 Å². The number of hydrogen-bond acceptors (Lipinski definition) is 6. The Labute approximate surface area is 161 Å². The molecule has 1 aliphatic carbocycles. The van der Waals surface area contributed by atoms with Crippen molar-refractivity contribution in [2.45, 2.75) is 24.4 Å². The summed E-state index contributed by atoms with van der Waals surface area (Å²) in [6, 6.07) is 6.51. The monoisotopic (exact) mass is 383 g/mol. The fourth-order valence-electron chi connectivity index (χ4n) is 3.47. The van der Waals surface area contributed by atoms with Crippen molar-refractivity contribution in [3.63, 3.8) is 0 Å². The van der Waals surface area contributed by atoms with E-state index in [-0.39, 0.29) is 18.5 Å². The standard InChI is InChI=1S/C20H19F2N5O/c1-28-17-5-4-13(9-24-17)14-10-25-19(26-11-14)27-12-20(7-15(21)8-20)18-16(22)3-2-6-23-18/h2-6,9-11,15H,7-8,12H2,1H3,(H,25,26,27)/t15-,20-. The minimum atomic E-state index is -0.950. The number of methoxy groups -OCH3 is 1. The summed E-state index contributed by atoms with van der Waals surface area (Å²) in [6.45, 7) is 0.310. The summed E-state index contributed by atoms with van der Waals surface area (Å²) >= 11 is 0. The molecule has 1 saturated carbocycles. The molecule has 0 atom stereocenters. The number of nitrogens with one attached hydrogen (secondary N) is 1. The molecule has 28 heavy (non-hydrogen) atoms. The number of aromatic nitrogens is 4. The van der Waals surface area contributed by atoms with Gasteiger partial charge < -0.3 is 10.1 Å². The molecule has 1 fully saturated rings. The van der Waals surface area contributed by atoms with Crippen LogP contribution in [0, 0.1) is 5.82 Å². The SMILES string of the molecule is COc1ccc(-c2cnc(NC[C@]3(c4ncccc4F)C[C@H](F)C3)nc2)cn1. The Hall–Kier alpha value is -3.16. The van der Waals surface area contributed by atoms with Gasteiger partial charge in [0, 0.05) is 53.9 Å². The minimum absolute atomic E-state index is 0.226. The summed E-state index contributed by atoms with van der Waals surface area (Å²) in [4.78, 5) is 16.9. The maximum atomic E-state index is 14.2. The van der Waals surface area contributed by atoms with E-state index in [1.54, 1.807) is 31.8 Å². The third-order valence-electron chi connectivity index (χ3n) is 5.00. The number of pyridine rings is 2. The molecule has 0 saturated heterocycles. The Kier molecular flexibility index (Phi) is 4.85. The van der Waals surface area contributed by atoms with Gasteiger partial charge in [-0.3, -0.25) is 4.98 Å². The second-order valence-corrected chi connectivity index (χ2v) is 6.86. The van der Waals surface area contributed by atoms with Crippen LogP contribution >= 0.6 is 0 Å². The molecule has 144 valence electrons. The fourth-order valence-corrected chi connectivity index (χ4v) is 3.47. The lowest BCUT2D eigenvalue weighted by molar-refractivity contribution is 0.0963. The molecule has 0 unspecified atom stereocenters. The highest BCUT2D eigenvalue weighted by Gasteiger charge is 2.48. The van der Waals surface area contributed by atoms with E-state index in [9.17, 15) is 8.78 Å². The Bertz CT molecular complexity index is 944. The van der Waals surface area contributed by atoms with Crippen LogP contribution in [0.3, 0.4) is 0 Å². The van der Waals surface area contributed by atoms with Gasteiger partial charge in [-0.1, -0.05) is 0 Å². The average molecular weight is 383 g/mol. The van der Waals surface area contributed by atoms with Crippen LogP contribution in [0.4, 0.5) is 14.7 Å². The van der Waals surface area contributed by atoms with Crippen molar-refractivity contribution in [2.24, 2.45) is 0 Å².